The highest BCUT2D eigenvalue weighted by Crippen LogP contribution is 2.24. The summed E-state index contributed by atoms with van der Waals surface area (Å²) < 4.78 is 29.0. The van der Waals surface area contributed by atoms with Crippen molar-refractivity contribution in [1.82, 2.24) is 10.3 Å². The van der Waals surface area contributed by atoms with E-state index in [1.807, 2.05) is 0 Å². The summed E-state index contributed by atoms with van der Waals surface area (Å²) in [4.78, 5) is 16.0. The van der Waals surface area contributed by atoms with Crippen LogP contribution in [-0.2, 0) is 0 Å². The smallest absolute Gasteiger partial charge is 0.272 e. The first-order valence-corrected chi connectivity index (χ1v) is 7.37. The SMILES string of the molecule is O=C(NC1CCC(CO)CC1)c1ccnc(OCC(F)F)c1. The first-order valence-electron chi connectivity index (χ1n) is 7.37. The normalized spacial score (nSPS) is 21.6. The lowest BCUT2D eigenvalue weighted by Gasteiger charge is -2.27. The maximum Gasteiger partial charge on any atom is 0.272 e. The maximum absolute atomic E-state index is 12.2. The first-order chi connectivity index (χ1) is 10.6. The van der Waals surface area contributed by atoms with Crippen LogP contribution in [0.15, 0.2) is 18.3 Å². The number of halogens is 2. The van der Waals surface area contributed by atoms with Gasteiger partial charge in [-0.1, -0.05) is 0 Å². The summed E-state index contributed by atoms with van der Waals surface area (Å²) in [5.74, 6) is 0.0668. The second kappa shape index (κ2) is 8.03. The molecular weight excluding hydrogens is 294 g/mol. The molecule has 0 radical (unpaired) electrons. The lowest BCUT2D eigenvalue weighted by Crippen LogP contribution is -2.38. The van der Waals surface area contributed by atoms with Gasteiger partial charge in [-0.2, -0.15) is 0 Å². The number of amides is 1. The summed E-state index contributed by atoms with van der Waals surface area (Å²) in [5.41, 5.74) is 0.337. The zero-order valence-electron chi connectivity index (χ0n) is 12.2. The molecule has 0 aromatic carbocycles. The predicted octanol–water partition coefficient (Wildman–Crippen LogP) is 2.01. The number of nitrogens with one attached hydrogen (secondary N) is 1. The van der Waals surface area contributed by atoms with Crippen LogP contribution in [0.1, 0.15) is 36.0 Å². The fourth-order valence-corrected chi connectivity index (χ4v) is 2.54. The third-order valence-electron chi connectivity index (χ3n) is 3.79. The highest BCUT2D eigenvalue weighted by Gasteiger charge is 2.22. The standard InChI is InChI=1S/C15H20F2N2O3/c16-13(17)9-22-14-7-11(5-6-18-14)15(21)19-12-3-1-10(8-20)2-4-12/h5-7,10,12-13,20H,1-4,8-9H2,(H,19,21). The number of alkyl halides is 2. The van der Waals surface area contributed by atoms with E-state index < -0.39 is 13.0 Å². The lowest BCUT2D eigenvalue weighted by molar-refractivity contribution is 0.0794. The molecule has 5 nitrogen and oxygen atoms in total. The Labute approximate surface area is 127 Å². The number of hydrogen-bond acceptors (Lipinski definition) is 4. The second-order valence-electron chi connectivity index (χ2n) is 5.46. The van der Waals surface area contributed by atoms with Crippen molar-refractivity contribution in [2.75, 3.05) is 13.2 Å². The number of pyridine rings is 1. The molecule has 0 unspecified atom stereocenters. The van der Waals surface area contributed by atoms with Crippen molar-refractivity contribution >= 4 is 5.91 Å². The molecule has 1 saturated carbocycles. The van der Waals surface area contributed by atoms with Crippen LogP contribution in [0, 0.1) is 5.92 Å². The van der Waals surface area contributed by atoms with Gasteiger partial charge >= 0.3 is 0 Å². The summed E-state index contributed by atoms with van der Waals surface area (Å²) in [6.07, 6.45) is 2.22. The zero-order chi connectivity index (χ0) is 15.9. The summed E-state index contributed by atoms with van der Waals surface area (Å²) in [7, 11) is 0. The van der Waals surface area contributed by atoms with E-state index in [0.717, 1.165) is 25.7 Å². The summed E-state index contributed by atoms with van der Waals surface area (Å²) in [6, 6.07) is 2.95. The second-order valence-corrected chi connectivity index (χ2v) is 5.46. The molecule has 1 amide bonds. The van der Waals surface area contributed by atoms with E-state index in [2.05, 4.69) is 10.3 Å². The highest BCUT2D eigenvalue weighted by molar-refractivity contribution is 5.94. The third kappa shape index (κ3) is 4.91. The van der Waals surface area contributed by atoms with Crippen molar-refractivity contribution in [3.8, 4) is 5.88 Å². The molecule has 1 fully saturated rings. The minimum Gasteiger partial charge on any atom is -0.472 e. The Hall–Kier alpha value is -1.76. The number of ether oxygens (including phenoxy) is 1. The van der Waals surface area contributed by atoms with Crippen molar-refractivity contribution in [2.24, 2.45) is 5.92 Å². The number of carbonyl (C=O) groups excluding carboxylic acids is 1. The topological polar surface area (TPSA) is 71.5 Å². The molecule has 1 aromatic heterocycles. The number of aliphatic hydroxyl groups is 1. The first kappa shape index (κ1) is 16.6. The molecule has 7 heteroatoms. The Morgan fingerprint density at radius 2 is 2.14 bits per heavy atom. The number of carbonyl (C=O) groups is 1. The van der Waals surface area contributed by atoms with Gasteiger partial charge in [0.25, 0.3) is 12.3 Å². The Morgan fingerprint density at radius 1 is 1.41 bits per heavy atom. The number of nitrogens with zero attached hydrogens (tertiary/aromatic N) is 1. The fraction of sp³-hybridized carbons (Fsp3) is 0.600. The van der Waals surface area contributed by atoms with Crippen molar-refractivity contribution < 1.29 is 23.4 Å². The molecule has 2 rings (SSSR count). The fourth-order valence-electron chi connectivity index (χ4n) is 2.54. The van der Waals surface area contributed by atoms with Crippen molar-refractivity contribution in [3.63, 3.8) is 0 Å². The Kier molecular flexibility index (Phi) is 6.06. The number of aliphatic hydroxyl groups excluding tert-OH is 1. The quantitative estimate of drug-likeness (QED) is 0.842. The van der Waals surface area contributed by atoms with Crippen LogP contribution in [0.2, 0.25) is 0 Å². The zero-order valence-corrected chi connectivity index (χ0v) is 12.2. The number of aromatic nitrogens is 1. The van der Waals surface area contributed by atoms with E-state index >= 15 is 0 Å². The van der Waals surface area contributed by atoms with Gasteiger partial charge in [0.15, 0.2) is 6.61 Å². The molecule has 1 aliphatic rings. The van der Waals surface area contributed by atoms with Crippen LogP contribution in [0.25, 0.3) is 0 Å². The third-order valence-corrected chi connectivity index (χ3v) is 3.79. The van der Waals surface area contributed by atoms with Crippen molar-refractivity contribution in [1.29, 1.82) is 0 Å². The van der Waals surface area contributed by atoms with Gasteiger partial charge in [-0.25, -0.2) is 13.8 Å². The van der Waals surface area contributed by atoms with Crippen molar-refractivity contribution in [2.45, 2.75) is 38.2 Å². The van der Waals surface area contributed by atoms with Gasteiger partial charge in [0.05, 0.1) is 0 Å². The van der Waals surface area contributed by atoms with E-state index in [1.165, 1.54) is 18.3 Å². The van der Waals surface area contributed by atoms with E-state index in [4.69, 9.17) is 9.84 Å². The molecule has 0 atom stereocenters. The molecule has 22 heavy (non-hydrogen) atoms. The van der Waals surface area contributed by atoms with Gasteiger partial charge in [-0.05, 0) is 37.7 Å². The summed E-state index contributed by atoms with van der Waals surface area (Å²) in [6.45, 7) is -0.556. The van der Waals surface area contributed by atoms with Crippen LogP contribution in [-0.4, -0.2) is 41.7 Å². The van der Waals surface area contributed by atoms with Gasteiger partial charge in [0, 0.05) is 30.5 Å². The minimum absolute atomic E-state index is 0.0111. The highest BCUT2D eigenvalue weighted by atomic mass is 19.3. The molecule has 122 valence electrons. The average molecular weight is 314 g/mol. The Bertz CT molecular complexity index is 491. The van der Waals surface area contributed by atoms with Crippen LogP contribution in [0.4, 0.5) is 8.78 Å². The average Bonchev–Trinajstić information content (AvgIpc) is 2.54. The summed E-state index contributed by atoms with van der Waals surface area (Å²) >= 11 is 0. The monoisotopic (exact) mass is 314 g/mol. The van der Waals surface area contributed by atoms with Crippen molar-refractivity contribution in [3.05, 3.63) is 23.9 Å². The molecule has 0 aliphatic heterocycles. The molecule has 1 heterocycles. The van der Waals surface area contributed by atoms with Gasteiger partial charge in [0.1, 0.15) is 0 Å². The van der Waals surface area contributed by atoms with Gasteiger partial charge in [0.2, 0.25) is 5.88 Å². The van der Waals surface area contributed by atoms with Crippen LogP contribution < -0.4 is 10.1 Å². The van der Waals surface area contributed by atoms with Crippen LogP contribution >= 0.6 is 0 Å². The molecule has 0 bridgehead atoms. The molecule has 0 saturated heterocycles. The maximum atomic E-state index is 12.2. The lowest BCUT2D eigenvalue weighted by atomic mass is 9.86. The molecule has 2 N–H and O–H groups in total. The molecule has 0 spiro atoms. The predicted molar refractivity (Wildman–Crippen MR) is 76.0 cm³/mol. The number of rotatable bonds is 6. The molecular formula is C15H20F2N2O3. The van der Waals surface area contributed by atoms with E-state index in [1.54, 1.807) is 0 Å². The van der Waals surface area contributed by atoms with E-state index in [-0.39, 0.29) is 24.4 Å². The minimum atomic E-state index is -2.58. The van der Waals surface area contributed by atoms with E-state index in [0.29, 0.717) is 11.5 Å². The van der Waals surface area contributed by atoms with E-state index in [9.17, 15) is 13.6 Å². The van der Waals surface area contributed by atoms with Gasteiger partial charge in [-0.15, -0.1) is 0 Å². The van der Waals surface area contributed by atoms with Gasteiger partial charge < -0.3 is 15.2 Å². The van der Waals surface area contributed by atoms with Crippen LogP contribution in [0.3, 0.4) is 0 Å². The summed E-state index contributed by atoms with van der Waals surface area (Å²) in [5, 5.41) is 12.0. The van der Waals surface area contributed by atoms with Crippen LogP contribution in [0.5, 0.6) is 5.88 Å². The number of hydrogen-bond donors (Lipinski definition) is 2. The molecule has 1 aliphatic carbocycles. The Balaban J connectivity index is 1.88. The Morgan fingerprint density at radius 3 is 2.77 bits per heavy atom. The van der Waals surface area contributed by atoms with Gasteiger partial charge in [-0.3, -0.25) is 4.79 Å². The largest absolute Gasteiger partial charge is 0.472 e. The molecule has 1 aromatic rings.